The molecule has 3 atom stereocenters. The molecule has 150 valence electrons. The van der Waals surface area contributed by atoms with E-state index in [2.05, 4.69) is 22.5 Å². The average molecular weight is 377 g/mol. The summed E-state index contributed by atoms with van der Waals surface area (Å²) in [6.07, 6.45) is -1.05. The van der Waals surface area contributed by atoms with Gasteiger partial charge in [-0.3, -0.25) is 9.59 Å². The molecule has 8 heteroatoms. The van der Waals surface area contributed by atoms with E-state index in [4.69, 9.17) is 0 Å². The predicted molar refractivity (Wildman–Crippen MR) is 94.4 cm³/mol. The first-order valence-electron chi connectivity index (χ1n) is 8.80. The van der Waals surface area contributed by atoms with Gasteiger partial charge in [0, 0.05) is 24.9 Å². The van der Waals surface area contributed by atoms with E-state index in [0.29, 0.717) is 19.3 Å². The predicted octanol–water partition coefficient (Wildman–Crippen LogP) is 2.53. The molecule has 0 saturated heterocycles. The summed E-state index contributed by atoms with van der Waals surface area (Å²) in [6.45, 7) is 9.39. The zero-order chi connectivity index (χ0) is 20.2. The maximum Gasteiger partial charge on any atom is 0.401 e. The molecule has 0 radical (unpaired) electrons. The molecule has 0 aromatic carbocycles. The molecule has 1 aliphatic carbocycles. The Hall–Kier alpha value is -1.57. The number of amides is 2. The lowest BCUT2D eigenvalue weighted by atomic mass is 9.67. The van der Waals surface area contributed by atoms with Crippen molar-refractivity contribution in [3.8, 4) is 0 Å². The highest BCUT2D eigenvalue weighted by molar-refractivity contribution is 5.92. The number of hydrogen-bond acceptors (Lipinski definition) is 3. The molecule has 1 aliphatic rings. The maximum absolute atomic E-state index is 13.1. The molecule has 1 saturated carbocycles. The quantitative estimate of drug-likeness (QED) is 0.623. The Morgan fingerprint density at radius 1 is 1.23 bits per heavy atom. The fourth-order valence-electron chi connectivity index (χ4n) is 3.46. The third-order valence-electron chi connectivity index (χ3n) is 4.51. The molecule has 3 N–H and O–H groups in total. The summed E-state index contributed by atoms with van der Waals surface area (Å²) in [4.78, 5) is 24.9. The monoisotopic (exact) mass is 377 g/mol. The number of carbonyl (C=O) groups excluding carboxylic acids is 2. The normalized spacial score (nSPS) is 26.9. The number of rotatable bonds is 6. The molecule has 0 spiro atoms. The van der Waals surface area contributed by atoms with Gasteiger partial charge in [-0.25, -0.2) is 0 Å². The van der Waals surface area contributed by atoms with E-state index < -0.39 is 29.7 Å². The van der Waals surface area contributed by atoms with E-state index in [1.54, 1.807) is 6.08 Å². The van der Waals surface area contributed by atoms with Gasteiger partial charge in [0.15, 0.2) is 0 Å². The van der Waals surface area contributed by atoms with Crippen molar-refractivity contribution < 1.29 is 22.8 Å². The average Bonchev–Trinajstić information content (AvgIpc) is 2.45. The topological polar surface area (TPSA) is 70.2 Å². The van der Waals surface area contributed by atoms with E-state index >= 15 is 0 Å². The molecular weight excluding hydrogens is 347 g/mol. The third kappa shape index (κ3) is 6.63. The second-order valence-corrected chi connectivity index (χ2v) is 8.08. The van der Waals surface area contributed by atoms with Gasteiger partial charge >= 0.3 is 6.18 Å². The zero-order valence-corrected chi connectivity index (χ0v) is 15.9. The Balaban J connectivity index is 3.13. The Kier molecular flexibility index (Phi) is 7.27. The molecule has 1 fully saturated rings. The fraction of sp³-hybridized carbons (Fsp3) is 0.778. The highest BCUT2D eigenvalue weighted by Crippen LogP contribution is 2.38. The van der Waals surface area contributed by atoms with Gasteiger partial charge in [-0.05, 0) is 46.0 Å². The molecule has 0 aromatic rings. The lowest BCUT2D eigenvalue weighted by Gasteiger charge is -2.46. The van der Waals surface area contributed by atoms with Crippen molar-refractivity contribution in [3.63, 3.8) is 0 Å². The number of halogens is 3. The minimum absolute atomic E-state index is 0.00596. The van der Waals surface area contributed by atoms with E-state index in [-0.39, 0.29) is 24.3 Å². The van der Waals surface area contributed by atoms with Gasteiger partial charge in [0.25, 0.3) is 0 Å². The fourth-order valence-corrected chi connectivity index (χ4v) is 3.46. The van der Waals surface area contributed by atoms with Gasteiger partial charge < -0.3 is 16.0 Å². The summed E-state index contributed by atoms with van der Waals surface area (Å²) in [5.41, 5.74) is -1.80. The highest BCUT2D eigenvalue weighted by atomic mass is 19.4. The van der Waals surface area contributed by atoms with Crippen LogP contribution in [0, 0.1) is 11.8 Å². The summed E-state index contributed by atoms with van der Waals surface area (Å²) < 4.78 is 37.5. The van der Waals surface area contributed by atoms with Crippen LogP contribution in [0.3, 0.4) is 0 Å². The Morgan fingerprint density at radius 3 is 2.31 bits per heavy atom. The first kappa shape index (κ1) is 22.5. The van der Waals surface area contributed by atoms with Crippen molar-refractivity contribution in [3.05, 3.63) is 12.7 Å². The molecule has 0 unspecified atom stereocenters. The van der Waals surface area contributed by atoms with Crippen LogP contribution in [0.4, 0.5) is 13.2 Å². The lowest BCUT2D eigenvalue weighted by molar-refractivity contribution is -0.139. The van der Waals surface area contributed by atoms with Crippen LogP contribution in [-0.4, -0.2) is 42.2 Å². The van der Waals surface area contributed by atoms with Crippen molar-refractivity contribution in [2.45, 2.75) is 64.2 Å². The van der Waals surface area contributed by atoms with Gasteiger partial charge in [-0.15, -0.1) is 6.58 Å². The zero-order valence-electron chi connectivity index (χ0n) is 15.9. The number of hydrogen-bond donors (Lipinski definition) is 3. The molecule has 0 aliphatic heterocycles. The minimum atomic E-state index is -4.33. The van der Waals surface area contributed by atoms with Crippen molar-refractivity contribution >= 4 is 11.8 Å². The van der Waals surface area contributed by atoms with Crippen LogP contribution >= 0.6 is 0 Å². The minimum Gasteiger partial charge on any atom is -0.349 e. The van der Waals surface area contributed by atoms with Crippen LogP contribution in [0.15, 0.2) is 12.7 Å². The first-order chi connectivity index (χ1) is 11.8. The van der Waals surface area contributed by atoms with E-state index in [0.717, 1.165) is 0 Å². The number of carbonyl (C=O) groups is 2. The molecule has 0 heterocycles. The van der Waals surface area contributed by atoms with Gasteiger partial charge in [0.2, 0.25) is 11.8 Å². The number of alkyl halides is 3. The summed E-state index contributed by atoms with van der Waals surface area (Å²) in [6, 6.07) is 0. The Bertz CT molecular complexity index is 529. The largest absolute Gasteiger partial charge is 0.401 e. The summed E-state index contributed by atoms with van der Waals surface area (Å²) in [7, 11) is 0. The van der Waals surface area contributed by atoms with Gasteiger partial charge in [0.05, 0.1) is 6.54 Å². The van der Waals surface area contributed by atoms with E-state index in [9.17, 15) is 22.8 Å². The second kappa shape index (κ2) is 8.41. The molecule has 26 heavy (non-hydrogen) atoms. The molecule has 0 bridgehead atoms. The molecular formula is C18H30F3N3O2. The maximum atomic E-state index is 13.1. The van der Waals surface area contributed by atoms with Crippen molar-refractivity contribution in [2.75, 3.05) is 13.1 Å². The van der Waals surface area contributed by atoms with Crippen LogP contribution in [0.5, 0.6) is 0 Å². The molecule has 0 aromatic heterocycles. The van der Waals surface area contributed by atoms with Crippen molar-refractivity contribution in [1.29, 1.82) is 0 Å². The summed E-state index contributed by atoms with van der Waals surface area (Å²) in [5.74, 6) is -1.20. The van der Waals surface area contributed by atoms with Crippen LogP contribution in [0.2, 0.25) is 0 Å². The standard InChI is InChI=1S/C18H30F3N3O2/c1-6-13-7-8-14(10-22-11-18(19,20)21)17(9-13,23-12(2)25)15(26)24-16(3,4)5/h6,13-14,22H,1,7-11H2,2-5H3,(H,23,25)(H,24,26)/t13-,14+,17-/m1/s1. The molecule has 5 nitrogen and oxygen atoms in total. The summed E-state index contributed by atoms with van der Waals surface area (Å²) >= 11 is 0. The Morgan fingerprint density at radius 2 is 1.85 bits per heavy atom. The Labute approximate surface area is 153 Å². The number of allylic oxidation sites excluding steroid dienone is 1. The highest BCUT2D eigenvalue weighted by Gasteiger charge is 2.50. The van der Waals surface area contributed by atoms with E-state index in [1.807, 2.05) is 20.8 Å². The smallest absolute Gasteiger partial charge is 0.349 e. The van der Waals surface area contributed by atoms with Crippen LogP contribution < -0.4 is 16.0 Å². The summed E-state index contributed by atoms with van der Waals surface area (Å²) in [5, 5.41) is 8.03. The molecule has 2 amide bonds. The lowest BCUT2D eigenvalue weighted by Crippen LogP contribution is -2.68. The SMILES string of the molecule is C=C[C@@H]1CC[C@@H](CNCC(F)(F)F)[C@@](NC(C)=O)(C(=O)NC(C)(C)C)C1. The van der Waals surface area contributed by atoms with Gasteiger partial charge in [-0.1, -0.05) is 6.08 Å². The van der Waals surface area contributed by atoms with Crippen LogP contribution in [0.1, 0.15) is 47.0 Å². The third-order valence-corrected chi connectivity index (χ3v) is 4.51. The first-order valence-corrected chi connectivity index (χ1v) is 8.80. The molecule has 1 rings (SSSR count). The van der Waals surface area contributed by atoms with Crippen LogP contribution in [-0.2, 0) is 9.59 Å². The van der Waals surface area contributed by atoms with Crippen LogP contribution in [0.25, 0.3) is 0 Å². The number of nitrogens with one attached hydrogen (secondary N) is 3. The van der Waals surface area contributed by atoms with Crippen molar-refractivity contribution in [1.82, 2.24) is 16.0 Å². The second-order valence-electron chi connectivity index (χ2n) is 8.08. The van der Waals surface area contributed by atoms with E-state index in [1.165, 1.54) is 6.92 Å². The van der Waals surface area contributed by atoms with Crippen molar-refractivity contribution in [2.24, 2.45) is 11.8 Å². The van der Waals surface area contributed by atoms with Gasteiger partial charge in [0.1, 0.15) is 5.54 Å². The van der Waals surface area contributed by atoms with Gasteiger partial charge in [-0.2, -0.15) is 13.2 Å².